The van der Waals surface area contributed by atoms with E-state index < -0.39 is 5.97 Å². The maximum Gasteiger partial charge on any atom is 0.338 e. The van der Waals surface area contributed by atoms with E-state index in [1.807, 2.05) is 0 Å². The molecule has 0 saturated heterocycles. The molecule has 1 aromatic carbocycles. The largest absolute Gasteiger partial charge is 0.452 e. The number of nitrogens with one attached hydrogen (secondary N) is 2. The van der Waals surface area contributed by atoms with E-state index in [2.05, 4.69) is 10.6 Å². The standard InChI is InChI=1S/C17H22N2O4/c1-12(20)18-10-13-6-8-14(9-7-13)17(22)23-11-16(21)19-15-4-2-3-5-15/h6-9,15H,2-5,10-11H2,1H3,(H,18,20)(H,19,21). The van der Waals surface area contributed by atoms with Gasteiger partial charge in [-0.05, 0) is 30.5 Å². The van der Waals surface area contributed by atoms with Gasteiger partial charge in [0.25, 0.3) is 5.91 Å². The molecule has 1 saturated carbocycles. The van der Waals surface area contributed by atoms with Crippen LogP contribution < -0.4 is 10.6 Å². The molecule has 1 aliphatic rings. The van der Waals surface area contributed by atoms with Crippen molar-refractivity contribution in [1.82, 2.24) is 10.6 Å². The summed E-state index contributed by atoms with van der Waals surface area (Å²) in [5.74, 6) is -0.896. The molecular weight excluding hydrogens is 296 g/mol. The molecular formula is C17H22N2O4. The van der Waals surface area contributed by atoms with E-state index >= 15 is 0 Å². The topological polar surface area (TPSA) is 84.5 Å². The second-order valence-electron chi connectivity index (χ2n) is 5.73. The van der Waals surface area contributed by atoms with Gasteiger partial charge in [-0.25, -0.2) is 4.79 Å². The maximum atomic E-state index is 11.9. The second-order valence-corrected chi connectivity index (χ2v) is 5.73. The summed E-state index contributed by atoms with van der Waals surface area (Å²) in [7, 11) is 0. The number of hydrogen-bond donors (Lipinski definition) is 2. The van der Waals surface area contributed by atoms with Crippen molar-refractivity contribution < 1.29 is 19.1 Å². The van der Waals surface area contributed by atoms with Gasteiger partial charge in [-0.1, -0.05) is 25.0 Å². The number of ether oxygens (including phenoxy) is 1. The van der Waals surface area contributed by atoms with Crippen LogP contribution in [-0.4, -0.2) is 30.4 Å². The Morgan fingerprint density at radius 1 is 1.13 bits per heavy atom. The van der Waals surface area contributed by atoms with Crippen LogP contribution in [0.2, 0.25) is 0 Å². The highest BCUT2D eigenvalue weighted by Gasteiger charge is 2.18. The lowest BCUT2D eigenvalue weighted by Gasteiger charge is -2.12. The van der Waals surface area contributed by atoms with Crippen LogP contribution in [0.4, 0.5) is 0 Å². The van der Waals surface area contributed by atoms with Crippen LogP contribution in [0, 0.1) is 0 Å². The van der Waals surface area contributed by atoms with Crippen LogP contribution in [0.3, 0.4) is 0 Å². The van der Waals surface area contributed by atoms with Crippen molar-refractivity contribution in [3.8, 4) is 0 Å². The first-order chi connectivity index (χ1) is 11.0. The van der Waals surface area contributed by atoms with Crippen molar-refractivity contribution in [1.29, 1.82) is 0 Å². The fourth-order valence-corrected chi connectivity index (χ4v) is 2.54. The molecule has 0 bridgehead atoms. The smallest absolute Gasteiger partial charge is 0.338 e. The summed E-state index contributed by atoms with van der Waals surface area (Å²) in [5, 5.41) is 5.54. The van der Waals surface area contributed by atoms with Crippen LogP contribution in [0.15, 0.2) is 24.3 Å². The fourth-order valence-electron chi connectivity index (χ4n) is 2.54. The number of esters is 1. The summed E-state index contributed by atoms with van der Waals surface area (Å²) in [5.41, 5.74) is 1.26. The molecule has 0 spiro atoms. The highest BCUT2D eigenvalue weighted by molar-refractivity contribution is 5.91. The summed E-state index contributed by atoms with van der Waals surface area (Å²) in [6, 6.07) is 6.94. The van der Waals surface area contributed by atoms with E-state index in [4.69, 9.17) is 4.74 Å². The van der Waals surface area contributed by atoms with Gasteiger partial charge in [0.15, 0.2) is 6.61 Å². The maximum absolute atomic E-state index is 11.9. The molecule has 1 aliphatic carbocycles. The first-order valence-electron chi connectivity index (χ1n) is 7.84. The summed E-state index contributed by atoms with van der Waals surface area (Å²) >= 11 is 0. The van der Waals surface area contributed by atoms with Crippen molar-refractivity contribution in [3.05, 3.63) is 35.4 Å². The molecule has 6 heteroatoms. The predicted octanol–water partition coefficient (Wildman–Crippen LogP) is 1.54. The lowest BCUT2D eigenvalue weighted by Crippen LogP contribution is -2.35. The molecule has 23 heavy (non-hydrogen) atoms. The lowest BCUT2D eigenvalue weighted by molar-refractivity contribution is -0.125. The highest BCUT2D eigenvalue weighted by atomic mass is 16.5. The van der Waals surface area contributed by atoms with Crippen molar-refractivity contribution >= 4 is 17.8 Å². The molecule has 0 aromatic heterocycles. The van der Waals surface area contributed by atoms with Crippen LogP contribution >= 0.6 is 0 Å². The number of benzene rings is 1. The normalized spacial score (nSPS) is 14.3. The fraction of sp³-hybridized carbons (Fsp3) is 0.471. The third-order valence-corrected chi connectivity index (χ3v) is 3.79. The quantitative estimate of drug-likeness (QED) is 0.779. The predicted molar refractivity (Wildman–Crippen MR) is 84.6 cm³/mol. The van der Waals surface area contributed by atoms with Gasteiger partial charge < -0.3 is 15.4 Å². The van der Waals surface area contributed by atoms with Gasteiger partial charge in [0.05, 0.1) is 5.56 Å². The minimum Gasteiger partial charge on any atom is -0.452 e. The Kier molecular flexibility index (Phi) is 6.14. The number of carbonyl (C=O) groups is 3. The Labute approximate surface area is 135 Å². The van der Waals surface area contributed by atoms with E-state index in [0.29, 0.717) is 12.1 Å². The molecule has 2 N–H and O–H groups in total. The van der Waals surface area contributed by atoms with Crippen molar-refractivity contribution in [2.24, 2.45) is 0 Å². The Morgan fingerprint density at radius 3 is 2.39 bits per heavy atom. The Balaban J connectivity index is 1.76. The average Bonchev–Trinajstić information content (AvgIpc) is 3.04. The van der Waals surface area contributed by atoms with Crippen LogP contribution in [0.1, 0.15) is 48.5 Å². The van der Waals surface area contributed by atoms with Crippen molar-refractivity contribution in [3.63, 3.8) is 0 Å². The van der Waals surface area contributed by atoms with Crippen LogP contribution in [0.5, 0.6) is 0 Å². The molecule has 2 rings (SSSR count). The molecule has 0 unspecified atom stereocenters. The minimum atomic E-state index is -0.530. The zero-order valence-electron chi connectivity index (χ0n) is 13.3. The number of amides is 2. The first-order valence-corrected chi connectivity index (χ1v) is 7.84. The summed E-state index contributed by atoms with van der Waals surface area (Å²) in [6.07, 6.45) is 4.26. The summed E-state index contributed by atoms with van der Waals surface area (Å²) in [4.78, 5) is 34.4. The lowest BCUT2D eigenvalue weighted by atomic mass is 10.1. The summed E-state index contributed by atoms with van der Waals surface area (Å²) < 4.78 is 5.02. The van der Waals surface area contributed by atoms with Gasteiger partial charge in [0.1, 0.15) is 0 Å². The molecule has 1 fully saturated rings. The zero-order chi connectivity index (χ0) is 16.7. The van der Waals surface area contributed by atoms with Gasteiger partial charge in [-0.3, -0.25) is 9.59 Å². The monoisotopic (exact) mass is 318 g/mol. The van der Waals surface area contributed by atoms with Gasteiger partial charge in [-0.15, -0.1) is 0 Å². The van der Waals surface area contributed by atoms with Gasteiger partial charge in [-0.2, -0.15) is 0 Å². The van der Waals surface area contributed by atoms with E-state index in [-0.39, 0.29) is 24.5 Å². The van der Waals surface area contributed by atoms with E-state index in [1.54, 1.807) is 24.3 Å². The third kappa shape index (κ3) is 5.73. The first kappa shape index (κ1) is 17.0. The SMILES string of the molecule is CC(=O)NCc1ccc(C(=O)OCC(=O)NC2CCCC2)cc1. The summed E-state index contributed by atoms with van der Waals surface area (Å²) in [6.45, 7) is 1.60. The molecule has 6 nitrogen and oxygen atoms in total. The average molecular weight is 318 g/mol. The molecule has 2 amide bonds. The van der Waals surface area contributed by atoms with E-state index in [1.165, 1.54) is 6.92 Å². The van der Waals surface area contributed by atoms with Gasteiger partial charge >= 0.3 is 5.97 Å². The Hall–Kier alpha value is -2.37. The van der Waals surface area contributed by atoms with Crippen molar-refractivity contribution in [2.45, 2.75) is 45.2 Å². The van der Waals surface area contributed by atoms with Crippen molar-refractivity contribution in [2.75, 3.05) is 6.61 Å². The Morgan fingerprint density at radius 2 is 1.78 bits per heavy atom. The highest BCUT2D eigenvalue weighted by Crippen LogP contribution is 2.17. The number of rotatable bonds is 6. The van der Waals surface area contributed by atoms with Crippen LogP contribution in [0.25, 0.3) is 0 Å². The molecule has 0 aliphatic heterocycles. The molecule has 1 aromatic rings. The van der Waals surface area contributed by atoms with Gasteiger partial charge in [0.2, 0.25) is 5.91 Å². The van der Waals surface area contributed by atoms with Crippen LogP contribution in [-0.2, 0) is 20.9 Å². The van der Waals surface area contributed by atoms with E-state index in [0.717, 1.165) is 31.2 Å². The third-order valence-electron chi connectivity index (χ3n) is 3.79. The molecule has 0 radical (unpaired) electrons. The second kappa shape index (κ2) is 8.31. The molecule has 0 heterocycles. The Bertz CT molecular complexity index is 562. The van der Waals surface area contributed by atoms with E-state index in [9.17, 15) is 14.4 Å². The molecule has 124 valence electrons. The number of hydrogen-bond acceptors (Lipinski definition) is 4. The minimum absolute atomic E-state index is 0.109. The number of carbonyl (C=O) groups excluding carboxylic acids is 3. The molecule has 0 atom stereocenters. The zero-order valence-corrected chi connectivity index (χ0v) is 13.3. The van der Waals surface area contributed by atoms with Gasteiger partial charge in [0, 0.05) is 19.5 Å².